The zero-order chi connectivity index (χ0) is 19.4. The van der Waals surface area contributed by atoms with Gasteiger partial charge in [0.1, 0.15) is 0 Å². The number of aliphatic hydroxyl groups excluding tert-OH is 2. The summed E-state index contributed by atoms with van der Waals surface area (Å²) in [5, 5.41) is 16.9. The first-order valence-electron chi connectivity index (χ1n) is 9.94. The zero-order valence-electron chi connectivity index (χ0n) is 17.0. The molecule has 25 heavy (non-hydrogen) atoms. The molecule has 0 spiro atoms. The highest BCUT2D eigenvalue weighted by Gasteiger charge is 2.13. The van der Waals surface area contributed by atoms with Gasteiger partial charge in [-0.2, -0.15) is 0 Å². The first-order chi connectivity index (χ1) is 11.9. The number of aliphatic hydroxyl groups is 2. The van der Waals surface area contributed by atoms with Crippen LogP contribution in [0, 0.1) is 5.41 Å². The van der Waals surface area contributed by atoms with Crippen molar-refractivity contribution in [1.82, 2.24) is 0 Å². The van der Waals surface area contributed by atoms with E-state index in [0.717, 1.165) is 25.7 Å². The summed E-state index contributed by atoms with van der Waals surface area (Å²) in [6, 6.07) is 0. The van der Waals surface area contributed by atoms with Crippen LogP contribution in [0.1, 0.15) is 91.9 Å². The Labute approximate surface area is 155 Å². The van der Waals surface area contributed by atoms with Crippen molar-refractivity contribution in [3.05, 3.63) is 0 Å². The summed E-state index contributed by atoms with van der Waals surface area (Å²) >= 11 is 0. The molecule has 0 aromatic rings. The molecule has 152 valence electrons. The topological polar surface area (TPSA) is 76.0 Å². The van der Waals surface area contributed by atoms with Gasteiger partial charge in [0.25, 0.3) is 0 Å². The lowest BCUT2D eigenvalue weighted by Crippen LogP contribution is -2.20. The molecule has 0 saturated heterocycles. The number of carbonyl (C=O) groups excluding carboxylic acids is 1. The van der Waals surface area contributed by atoms with Crippen LogP contribution in [0.2, 0.25) is 0 Å². The summed E-state index contributed by atoms with van der Waals surface area (Å²) in [5.74, 6) is 0. The summed E-state index contributed by atoms with van der Waals surface area (Å²) in [6.45, 7) is 9.06. The van der Waals surface area contributed by atoms with Crippen LogP contribution in [0.4, 0.5) is 4.79 Å². The Bertz CT molecular complexity index is 255. The standard InChI is InChI=1S/C15H30O3.C5H12O2/c1-3-5-7-9-11-13-17-15(16)18-14-12-10-8-6-4-2;1-5(2,3-6)4-7/h3-14H2,1-2H3;6-7H,3-4H2,1-2H3. The first-order valence-corrected chi connectivity index (χ1v) is 9.94. The summed E-state index contributed by atoms with van der Waals surface area (Å²) < 4.78 is 9.98. The van der Waals surface area contributed by atoms with Crippen LogP contribution < -0.4 is 0 Å². The second-order valence-corrected chi connectivity index (χ2v) is 7.26. The lowest BCUT2D eigenvalue weighted by Gasteiger charge is -2.16. The largest absolute Gasteiger partial charge is 0.508 e. The smallest absolute Gasteiger partial charge is 0.434 e. The molecule has 0 radical (unpaired) electrons. The van der Waals surface area contributed by atoms with E-state index in [2.05, 4.69) is 13.8 Å². The molecule has 0 aliphatic carbocycles. The van der Waals surface area contributed by atoms with Gasteiger partial charge < -0.3 is 19.7 Å². The van der Waals surface area contributed by atoms with E-state index in [1.54, 1.807) is 13.8 Å². The molecule has 0 saturated carbocycles. The van der Waals surface area contributed by atoms with Crippen molar-refractivity contribution in [3.63, 3.8) is 0 Å². The second kappa shape index (κ2) is 19.5. The van der Waals surface area contributed by atoms with E-state index in [-0.39, 0.29) is 18.6 Å². The van der Waals surface area contributed by atoms with Gasteiger partial charge >= 0.3 is 6.16 Å². The van der Waals surface area contributed by atoms with Gasteiger partial charge in [0.05, 0.1) is 26.4 Å². The van der Waals surface area contributed by atoms with Crippen molar-refractivity contribution < 1.29 is 24.5 Å². The average molecular weight is 363 g/mol. The number of rotatable bonds is 14. The minimum Gasteiger partial charge on any atom is -0.434 e. The van der Waals surface area contributed by atoms with Crippen molar-refractivity contribution >= 4 is 6.16 Å². The molecular weight excluding hydrogens is 320 g/mol. The number of unbranched alkanes of at least 4 members (excludes halogenated alkanes) is 8. The van der Waals surface area contributed by atoms with Crippen LogP contribution in [0.3, 0.4) is 0 Å². The van der Waals surface area contributed by atoms with Crippen molar-refractivity contribution in [3.8, 4) is 0 Å². The number of ether oxygens (including phenoxy) is 2. The third-order valence-corrected chi connectivity index (χ3v) is 3.79. The fourth-order valence-corrected chi connectivity index (χ4v) is 1.81. The molecule has 0 fully saturated rings. The maximum atomic E-state index is 11.2. The molecule has 0 amide bonds. The van der Waals surface area contributed by atoms with Gasteiger partial charge in [0.15, 0.2) is 0 Å². The van der Waals surface area contributed by atoms with Crippen molar-refractivity contribution in [1.29, 1.82) is 0 Å². The third-order valence-electron chi connectivity index (χ3n) is 3.79. The van der Waals surface area contributed by atoms with Gasteiger partial charge in [-0.3, -0.25) is 0 Å². The molecule has 0 aliphatic heterocycles. The molecule has 0 atom stereocenters. The zero-order valence-corrected chi connectivity index (χ0v) is 17.0. The minimum atomic E-state index is -0.499. The summed E-state index contributed by atoms with van der Waals surface area (Å²) in [7, 11) is 0. The maximum absolute atomic E-state index is 11.2. The molecule has 0 aromatic carbocycles. The highest BCUT2D eigenvalue weighted by atomic mass is 16.7. The highest BCUT2D eigenvalue weighted by molar-refractivity contribution is 5.59. The molecule has 0 aliphatic rings. The third kappa shape index (κ3) is 23.2. The molecule has 5 nitrogen and oxygen atoms in total. The Morgan fingerprint density at radius 2 is 1.08 bits per heavy atom. The monoisotopic (exact) mass is 362 g/mol. The second-order valence-electron chi connectivity index (χ2n) is 7.26. The summed E-state index contributed by atoms with van der Waals surface area (Å²) in [6.07, 6.45) is 11.1. The van der Waals surface area contributed by atoms with Crippen LogP contribution in [0.15, 0.2) is 0 Å². The summed E-state index contributed by atoms with van der Waals surface area (Å²) in [5.41, 5.74) is -0.306. The fourth-order valence-electron chi connectivity index (χ4n) is 1.81. The quantitative estimate of drug-likeness (QED) is 0.333. The van der Waals surface area contributed by atoms with E-state index in [0.29, 0.717) is 13.2 Å². The molecule has 2 N–H and O–H groups in total. The average Bonchev–Trinajstić information content (AvgIpc) is 2.61. The normalized spacial score (nSPS) is 10.8. The van der Waals surface area contributed by atoms with E-state index < -0.39 is 6.16 Å². The van der Waals surface area contributed by atoms with E-state index in [1.807, 2.05) is 0 Å². The Hall–Kier alpha value is -0.810. The number of hydrogen-bond acceptors (Lipinski definition) is 5. The van der Waals surface area contributed by atoms with Gasteiger partial charge in [-0.15, -0.1) is 0 Å². The first kappa shape index (κ1) is 26.4. The minimum absolute atomic E-state index is 0.0451. The van der Waals surface area contributed by atoms with Gasteiger partial charge in [-0.25, -0.2) is 4.79 Å². The Balaban J connectivity index is 0. The Morgan fingerprint density at radius 3 is 1.36 bits per heavy atom. The lowest BCUT2D eigenvalue weighted by atomic mass is 9.97. The van der Waals surface area contributed by atoms with Crippen LogP contribution in [0.25, 0.3) is 0 Å². The predicted octanol–water partition coefficient (Wildman–Crippen LogP) is 5.08. The van der Waals surface area contributed by atoms with Gasteiger partial charge in [-0.1, -0.05) is 79.1 Å². The SMILES string of the molecule is CC(C)(CO)CO.CCCCCCCOC(=O)OCCCCCCC. The molecule has 0 rings (SSSR count). The molecule has 0 unspecified atom stereocenters. The van der Waals surface area contributed by atoms with Gasteiger partial charge in [0, 0.05) is 5.41 Å². The van der Waals surface area contributed by atoms with Gasteiger partial charge in [-0.05, 0) is 12.8 Å². The van der Waals surface area contributed by atoms with Gasteiger partial charge in [0.2, 0.25) is 0 Å². The van der Waals surface area contributed by atoms with Crippen LogP contribution in [-0.2, 0) is 9.47 Å². The number of hydrogen-bond donors (Lipinski definition) is 2. The Kier molecular flexibility index (Phi) is 20.6. The van der Waals surface area contributed by atoms with E-state index in [4.69, 9.17) is 19.7 Å². The Morgan fingerprint density at radius 1 is 0.720 bits per heavy atom. The molecular formula is C20H42O5. The molecule has 5 heteroatoms. The van der Waals surface area contributed by atoms with E-state index >= 15 is 0 Å². The van der Waals surface area contributed by atoms with Crippen molar-refractivity contribution in [2.45, 2.75) is 91.9 Å². The van der Waals surface area contributed by atoms with Crippen LogP contribution >= 0.6 is 0 Å². The van der Waals surface area contributed by atoms with E-state index in [1.165, 1.54) is 38.5 Å². The van der Waals surface area contributed by atoms with Crippen LogP contribution in [0.5, 0.6) is 0 Å². The van der Waals surface area contributed by atoms with Crippen molar-refractivity contribution in [2.24, 2.45) is 5.41 Å². The molecule has 0 heterocycles. The number of carbonyl (C=O) groups is 1. The van der Waals surface area contributed by atoms with E-state index in [9.17, 15) is 4.79 Å². The maximum Gasteiger partial charge on any atom is 0.508 e. The predicted molar refractivity (Wildman–Crippen MR) is 103 cm³/mol. The fraction of sp³-hybridized carbons (Fsp3) is 0.950. The molecule has 0 bridgehead atoms. The lowest BCUT2D eigenvalue weighted by molar-refractivity contribution is 0.0529. The van der Waals surface area contributed by atoms with Crippen molar-refractivity contribution in [2.75, 3.05) is 26.4 Å². The van der Waals surface area contributed by atoms with Crippen LogP contribution in [-0.4, -0.2) is 42.8 Å². The summed E-state index contributed by atoms with van der Waals surface area (Å²) in [4.78, 5) is 11.2. The highest BCUT2D eigenvalue weighted by Crippen LogP contribution is 2.10. The molecule has 0 aromatic heterocycles.